The third kappa shape index (κ3) is 2.53. The molecule has 3 nitrogen and oxygen atoms in total. The van der Waals surface area contributed by atoms with E-state index in [4.69, 9.17) is 23.2 Å². The number of carbonyl (C=O) groups excluding carboxylic acids is 1. The molecule has 1 rings (SSSR count). The number of rotatable bonds is 1. The van der Waals surface area contributed by atoms with Gasteiger partial charge in [0.25, 0.3) is 0 Å². The molecule has 0 heterocycles. The fourth-order valence-electron chi connectivity index (χ4n) is 0.783. The van der Waals surface area contributed by atoms with Gasteiger partial charge in [0.15, 0.2) is 0 Å². The first-order valence-corrected chi connectivity index (χ1v) is 5.09. The summed E-state index contributed by atoms with van der Waals surface area (Å²) in [5.41, 5.74) is 0.409. The molecule has 0 saturated heterocycles. The second-order valence-electron chi connectivity index (χ2n) is 2.34. The van der Waals surface area contributed by atoms with Crippen LogP contribution in [-0.2, 0) is 4.74 Å². The molecular weight excluding hydrogens is 293 g/mol. The molecule has 0 aromatic heterocycles. The number of carbonyl (C=O) groups is 1. The summed E-state index contributed by atoms with van der Waals surface area (Å²) in [6, 6.07) is 3.30. The van der Waals surface area contributed by atoms with Gasteiger partial charge in [-0.3, -0.25) is 5.32 Å². The monoisotopic (exact) mass is 297 g/mol. The van der Waals surface area contributed by atoms with E-state index in [9.17, 15) is 4.79 Å². The highest BCUT2D eigenvalue weighted by molar-refractivity contribution is 9.10. The van der Waals surface area contributed by atoms with Crippen LogP contribution in [0.2, 0.25) is 10.0 Å². The Hall–Kier alpha value is -0.450. The molecule has 0 unspecified atom stereocenters. The lowest BCUT2D eigenvalue weighted by atomic mass is 10.3. The summed E-state index contributed by atoms with van der Waals surface area (Å²) in [6.45, 7) is 0. The average Bonchev–Trinajstić information content (AvgIpc) is 2.19. The van der Waals surface area contributed by atoms with Crippen LogP contribution in [0.3, 0.4) is 0 Å². The molecule has 14 heavy (non-hydrogen) atoms. The SMILES string of the molecule is COC(=O)Nc1ccc(Br)c(Cl)c1Cl. The summed E-state index contributed by atoms with van der Waals surface area (Å²) < 4.78 is 5.08. The molecule has 0 aliphatic heterocycles. The molecule has 0 fully saturated rings. The summed E-state index contributed by atoms with van der Waals surface area (Å²) in [5, 5.41) is 3.05. The number of halogens is 3. The summed E-state index contributed by atoms with van der Waals surface area (Å²) in [5.74, 6) is 0. The number of hydrogen-bond acceptors (Lipinski definition) is 2. The standard InChI is InChI=1S/C8H6BrCl2NO2/c1-14-8(13)12-5-3-2-4(9)6(10)7(5)11/h2-3H,1H3,(H,12,13). The van der Waals surface area contributed by atoms with Crippen LogP contribution in [0.1, 0.15) is 0 Å². The highest BCUT2D eigenvalue weighted by Gasteiger charge is 2.10. The summed E-state index contributed by atoms with van der Waals surface area (Å²) in [7, 11) is 1.27. The third-order valence-corrected chi connectivity index (χ3v) is 3.23. The molecule has 1 amide bonds. The van der Waals surface area contributed by atoms with Crippen molar-refractivity contribution in [3.8, 4) is 0 Å². The van der Waals surface area contributed by atoms with Gasteiger partial charge in [0.05, 0.1) is 22.8 Å². The molecule has 1 N–H and O–H groups in total. The van der Waals surface area contributed by atoms with E-state index in [1.807, 2.05) is 0 Å². The molecule has 0 aliphatic carbocycles. The highest BCUT2D eigenvalue weighted by atomic mass is 79.9. The van der Waals surface area contributed by atoms with Crippen molar-refractivity contribution < 1.29 is 9.53 Å². The van der Waals surface area contributed by atoms with Crippen LogP contribution in [-0.4, -0.2) is 13.2 Å². The Morgan fingerprint density at radius 1 is 1.43 bits per heavy atom. The summed E-state index contributed by atoms with van der Waals surface area (Å²) in [6.07, 6.45) is -0.592. The average molecular weight is 299 g/mol. The van der Waals surface area contributed by atoms with Crippen molar-refractivity contribution in [2.45, 2.75) is 0 Å². The maximum absolute atomic E-state index is 10.9. The van der Waals surface area contributed by atoms with Crippen LogP contribution < -0.4 is 5.32 Å². The summed E-state index contributed by atoms with van der Waals surface area (Å²) in [4.78, 5) is 10.9. The van der Waals surface area contributed by atoms with E-state index >= 15 is 0 Å². The molecule has 0 saturated carbocycles. The lowest BCUT2D eigenvalue weighted by Gasteiger charge is -2.07. The molecule has 0 bridgehead atoms. The predicted molar refractivity (Wildman–Crippen MR) is 60.2 cm³/mol. The molecule has 76 valence electrons. The van der Waals surface area contributed by atoms with Gasteiger partial charge in [-0.05, 0) is 28.1 Å². The fourth-order valence-corrected chi connectivity index (χ4v) is 1.60. The van der Waals surface area contributed by atoms with Crippen LogP contribution in [0.25, 0.3) is 0 Å². The quantitative estimate of drug-likeness (QED) is 0.798. The fraction of sp³-hybridized carbons (Fsp3) is 0.125. The molecule has 1 aromatic carbocycles. The lowest BCUT2D eigenvalue weighted by molar-refractivity contribution is 0.187. The maximum atomic E-state index is 10.9. The first-order chi connectivity index (χ1) is 6.56. The Labute approximate surface area is 99.5 Å². The van der Waals surface area contributed by atoms with E-state index in [1.54, 1.807) is 12.1 Å². The van der Waals surface area contributed by atoms with E-state index in [-0.39, 0.29) is 5.02 Å². The van der Waals surface area contributed by atoms with Crippen LogP contribution in [0.5, 0.6) is 0 Å². The first kappa shape index (κ1) is 11.6. The van der Waals surface area contributed by atoms with Gasteiger partial charge in [-0.15, -0.1) is 0 Å². The van der Waals surface area contributed by atoms with Crippen molar-refractivity contribution in [2.24, 2.45) is 0 Å². The van der Waals surface area contributed by atoms with Crippen LogP contribution in [0.4, 0.5) is 10.5 Å². The molecule has 0 radical (unpaired) electrons. The lowest BCUT2D eigenvalue weighted by Crippen LogP contribution is -2.11. The van der Waals surface area contributed by atoms with Gasteiger partial charge >= 0.3 is 6.09 Å². The second kappa shape index (κ2) is 4.87. The van der Waals surface area contributed by atoms with E-state index in [1.165, 1.54) is 7.11 Å². The number of nitrogens with one attached hydrogen (secondary N) is 1. The number of ether oxygens (including phenoxy) is 1. The molecule has 6 heteroatoms. The van der Waals surface area contributed by atoms with Gasteiger partial charge in [0.2, 0.25) is 0 Å². The highest BCUT2D eigenvalue weighted by Crippen LogP contribution is 2.35. The van der Waals surface area contributed by atoms with Crippen LogP contribution in [0, 0.1) is 0 Å². The minimum atomic E-state index is -0.592. The molecule has 0 atom stereocenters. The minimum absolute atomic E-state index is 0.270. The minimum Gasteiger partial charge on any atom is -0.453 e. The second-order valence-corrected chi connectivity index (χ2v) is 3.95. The van der Waals surface area contributed by atoms with E-state index < -0.39 is 6.09 Å². The van der Waals surface area contributed by atoms with Gasteiger partial charge in [-0.2, -0.15) is 0 Å². The number of anilines is 1. The Kier molecular flexibility index (Phi) is 4.04. The zero-order chi connectivity index (χ0) is 10.7. The largest absolute Gasteiger partial charge is 0.453 e. The zero-order valence-electron chi connectivity index (χ0n) is 7.11. The van der Waals surface area contributed by atoms with E-state index in [0.29, 0.717) is 15.2 Å². The van der Waals surface area contributed by atoms with Crippen molar-refractivity contribution in [3.63, 3.8) is 0 Å². The van der Waals surface area contributed by atoms with Crippen molar-refractivity contribution >= 4 is 50.9 Å². The number of amides is 1. The van der Waals surface area contributed by atoms with Crippen molar-refractivity contribution in [3.05, 3.63) is 26.7 Å². The van der Waals surface area contributed by atoms with Crippen molar-refractivity contribution in [1.29, 1.82) is 0 Å². The van der Waals surface area contributed by atoms with Gasteiger partial charge in [0, 0.05) is 4.47 Å². The Morgan fingerprint density at radius 3 is 2.64 bits per heavy atom. The molecular formula is C8H6BrCl2NO2. The predicted octanol–water partition coefficient (Wildman–Crippen LogP) is 3.93. The Morgan fingerprint density at radius 2 is 2.07 bits per heavy atom. The van der Waals surface area contributed by atoms with Gasteiger partial charge < -0.3 is 4.74 Å². The smallest absolute Gasteiger partial charge is 0.411 e. The Balaban J connectivity index is 3.00. The topological polar surface area (TPSA) is 38.3 Å². The number of hydrogen-bond donors (Lipinski definition) is 1. The summed E-state index contributed by atoms with van der Waals surface area (Å²) >= 11 is 14.9. The van der Waals surface area contributed by atoms with Crippen molar-refractivity contribution in [2.75, 3.05) is 12.4 Å². The van der Waals surface area contributed by atoms with Gasteiger partial charge in [-0.25, -0.2) is 4.79 Å². The van der Waals surface area contributed by atoms with Crippen molar-refractivity contribution in [1.82, 2.24) is 0 Å². The van der Waals surface area contributed by atoms with Gasteiger partial charge in [-0.1, -0.05) is 23.2 Å². The van der Waals surface area contributed by atoms with E-state index in [2.05, 4.69) is 26.0 Å². The van der Waals surface area contributed by atoms with Crippen LogP contribution >= 0.6 is 39.1 Å². The zero-order valence-corrected chi connectivity index (χ0v) is 10.2. The van der Waals surface area contributed by atoms with E-state index in [0.717, 1.165) is 0 Å². The first-order valence-electron chi connectivity index (χ1n) is 3.54. The maximum Gasteiger partial charge on any atom is 0.411 e. The third-order valence-electron chi connectivity index (χ3n) is 1.46. The van der Waals surface area contributed by atoms with Crippen LogP contribution in [0.15, 0.2) is 16.6 Å². The molecule has 1 aromatic rings. The van der Waals surface area contributed by atoms with Gasteiger partial charge in [0.1, 0.15) is 0 Å². The number of methoxy groups -OCH3 is 1. The normalized spacial score (nSPS) is 9.71. The molecule has 0 aliphatic rings. The molecule has 0 spiro atoms. The number of benzene rings is 1. The Bertz CT molecular complexity index is 371.